The average Bonchev–Trinajstić information content (AvgIpc) is 2.99. The monoisotopic (exact) mass is 283 g/mol. The molecule has 1 aromatic rings. The van der Waals surface area contributed by atoms with Crippen molar-refractivity contribution in [1.29, 1.82) is 0 Å². The lowest BCUT2D eigenvalue weighted by Gasteiger charge is -2.26. The van der Waals surface area contributed by atoms with Crippen LogP contribution in [0.2, 0.25) is 5.02 Å². The Bertz CT molecular complexity index is 475. The molecule has 2 heterocycles. The van der Waals surface area contributed by atoms with Crippen molar-refractivity contribution >= 4 is 17.4 Å². The quantitative estimate of drug-likeness (QED) is 0.902. The number of nitrogens with zero attached hydrogens (tertiary/aromatic N) is 2. The summed E-state index contributed by atoms with van der Waals surface area (Å²) < 4.78 is 1.75. The van der Waals surface area contributed by atoms with Crippen molar-refractivity contribution in [3.63, 3.8) is 0 Å². The van der Waals surface area contributed by atoms with Crippen LogP contribution < -0.4 is 5.32 Å². The van der Waals surface area contributed by atoms with Gasteiger partial charge < -0.3 is 5.32 Å². The van der Waals surface area contributed by atoms with E-state index in [4.69, 9.17) is 11.6 Å². The van der Waals surface area contributed by atoms with Gasteiger partial charge in [0.1, 0.15) is 0 Å². The minimum Gasteiger partial charge on any atom is -0.305 e. The maximum absolute atomic E-state index is 12.6. The van der Waals surface area contributed by atoms with Crippen LogP contribution in [0.4, 0.5) is 0 Å². The first-order valence-corrected chi connectivity index (χ1v) is 7.40. The van der Waals surface area contributed by atoms with Crippen LogP contribution in [0.15, 0.2) is 0 Å². The highest BCUT2D eigenvalue weighted by Gasteiger charge is 2.39. The van der Waals surface area contributed by atoms with Crippen molar-refractivity contribution < 1.29 is 4.79 Å². The van der Waals surface area contributed by atoms with Crippen LogP contribution in [0.1, 0.15) is 44.5 Å². The minimum absolute atomic E-state index is 0.236. The predicted molar refractivity (Wildman–Crippen MR) is 76.6 cm³/mol. The van der Waals surface area contributed by atoms with Gasteiger partial charge >= 0.3 is 0 Å². The molecule has 0 aliphatic carbocycles. The van der Waals surface area contributed by atoms with E-state index < -0.39 is 0 Å². The number of carbonyl (C=O) groups excluding carboxylic acids is 1. The first-order valence-electron chi connectivity index (χ1n) is 7.02. The first-order chi connectivity index (χ1) is 9.04. The summed E-state index contributed by atoms with van der Waals surface area (Å²) in [5.74, 6) is 0.236. The summed E-state index contributed by atoms with van der Waals surface area (Å²) in [6.45, 7) is 5.02. The SMILES string of the molecule is CCc1nn(C)c(CC(=O)C2(CC)CCCN2)c1Cl. The molecule has 4 nitrogen and oxygen atoms in total. The molecule has 1 saturated heterocycles. The molecule has 0 saturated carbocycles. The third-order valence-corrected chi connectivity index (χ3v) is 4.65. The lowest BCUT2D eigenvalue weighted by molar-refractivity contribution is -0.124. The fourth-order valence-electron chi connectivity index (χ4n) is 2.88. The molecular formula is C14H22ClN3O. The number of aromatic nitrogens is 2. The Morgan fingerprint density at radius 2 is 2.26 bits per heavy atom. The summed E-state index contributed by atoms with van der Waals surface area (Å²) in [6, 6.07) is 0. The largest absolute Gasteiger partial charge is 0.305 e. The Hall–Kier alpha value is -0.870. The van der Waals surface area contributed by atoms with Crippen molar-refractivity contribution in [2.45, 2.75) is 51.5 Å². The lowest BCUT2D eigenvalue weighted by Crippen LogP contribution is -2.48. The van der Waals surface area contributed by atoms with Gasteiger partial charge in [0.2, 0.25) is 0 Å². The summed E-state index contributed by atoms with van der Waals surface area (Å²) in [7, 11) is 1.86. The Morgan fingerprint density at radius 3 is 2.74 bits per heavy atom. The van der Waals surface area contributed by atoms with E-state index in [9.17, 15) is 4.79 Å². The molecular weight excluding hydrogens is 262 g/mol. The zero-order chi connectivity index (χ0) is 14.0. The second-order valence-corrected chi connectivity index (χ2v) is 5.63. The topological polar surface area (TPSA) is 46.9 Å². The summed E-state index contributed by atoms with van der Waals surface area (Å²) in [6.07, 6.45) is 3.99. The van der Waals surface area contributed by atoms with Gasteiger partial charge in [-0.05, 0) is 32.2 Å². The number of rotatable bonds is 5. The molecule has 0 spiro atoms. The number of Topliss-reactive ketones (excluding diaryl/α,β-unsaturated/α-hetero) is 1. The molecule has 106 valence electrons. The van der Waals surface area contributed by atoms with Crippen LogP contribution in [0.5, 0.6) is 0 Å². The van der Waals surface area contributed by atoms with Crippen molar-refractivity contribution in [2.24, 2.45) is 7.05 Å². The van der Waals surface area contributed by atoms with Crippen LogP contribution >= 0.6 is 11.6 Å². The van der Waals surface area contributed by atoms with Gasteiger partial charge in [-0.1, -0.05) is 25.4 Å². The number of hydrogen-bond acceptors (Lipinski definition) is 3. The van der Waals surface area contributed by atoms with Gasteiger partial charge in [0, 0.05) is 7.05 Å². The third kappa shape index (κ3) is 2.56. The highest BCUT2D eigenvalue weighted by atomic mass is 35.5. The smallest absolute Gasteiger partial charge is 0.158 e. The highest BCUT2D eigenvalue weighted by molar-refractivity contribution is 6.32. The number of carbonyl (C=O) groups is 1. The normalized spacial score (nSPS) is 22.9. The van der Waals surface area contributed by atoms with Gasteiger partial charge in [-0.2, -0.15) is 5.10 Å². The summed E-state index contributed by atoms with van der Waals surface area (Å²) >= 11 is 6.31. The fraction of sp³-hybridized carbons (Fsp3) is 0.714. The molecule has 1 unspecified atom stereocenters. The standard InChI is InChI=1S/C14H22ClN3O/c1-4-10-13(15)11(18(3)17-10)9-12(19)14(5-2)7-6-8-16-14/h16H,4-9H2,1-3H3. The van der Waals surface area contributed by atoms with Crippen LogP contribution in [-0.2, 0) is 24.7 Å². The van der Waals surface area contributed by atoms with Gasteiger partial charge in [0.25, 0.3) is 0 Å². The van der Waals surface area contributed by atoms with Gasteiger partial charge in [-0.15, -0.1) is 0 Å². The Balaban J connectivity index is 2.21. The zero-order valence-electron chi connectivity index (χ0n) is 11.9. The van der Waals surface area contributed by atoms with E-state index in [1.807, 2.05) is 14.0 Å². The van der Waals surface area contributed by atoms with Crippen molar-refractivity contribution in [1.82, 2.24) is 15.1 Å². The first kappa shape index (κ1) is 14.5. The zero-order valence-corrected chi connectivity index (χ0v) is 12.7. The van der Waals surface area contributed by atoms with E-state index in [2.05, 4.69) is 17.3 Å². The molecule has 2 rings (SSSR count). The molecule has 1 aliphatic rings. The summed E-state index contributed by atoms with van der Waals surface area (Å²) in [5.41, 5.74) is 1.36. The van der Waals surface area contributed by atoms with Gasteiger partial charge in [-0.3, -0.25) is 9.48 Å². The van der Waals surface area contributed by atoms with E-state index in [1.54, 1.807) is 4.68 Å². The van der Waals surface area contributed by atoms with E-state index in [0.29, 0.717) is 11.4 Å². The second kappa shape index (κ2) is 5.63. The molecule has 19 heavy (non-hydrogen) atoms. The lowest BCUT2D eigenvalue weighted by atomic mass is 9.87. The predicted octanol–water partition coefficient (Wildman–Crippen LogP) is 2.28. The molecule has 1 atom stereocenters. The van der Waals surface area contributed by atoms with E-state index in [0.717, 1.165) is 43.6 Å². The molecule has 0 amide bonds. The maximum Gasteiger partial charge on any atom is 0.158 e. The molecule has 1 N–H and O–H groups in total. The fourth-order valence-corrected chi connectivity index (χ4v) is 3.24. The van der Waals surface area contributed by atoms with Crippen molar-refractivity contribution in [3.8, 4) is 0 Å². The van der Waals surface area contributed by atoms with Crippen LogP contribution in [0.3, 0.4) is 0 Å². The third-order valence-electron chi connectivity index (χ3n) is 4.21. The van der Waals surface area contributed by atoms with Gasteiger partial charge in [-0.25, -0.2) is 0 Å². The molecule has 1 fully saturated rings. The summed E-state index contributed by atoms with van der Waals surface area (Å²) in [4.78, 5) is 12.6. The van der Waals surface area contributed by atoms with Crippen LogP contribution in [0.25, 0.3) is 0 Å². The van der Waals surface area contributed by atoms with Crippen molar-refractivity contribution in [2.75, 3.05) is 6.54 Å². The molecule has 1 aliphatic heterocycles. The van der Waals surface area contributed by atoms with Gasteiger partial charge in [0.15, 0.2) is 5.78 Å². The number of ketones is 1. The number of halogens is 1. The van der Waals surface area contributed by atoms with Crippen molar-refractivity contribution in [3.05, 3.63) is 16.4 Å². The Labute approximate surface area is 119 Å². The molecule has 0 radical (unpaired) electrons. The summed E-state index contributed by atoms with van der Waals surface area (Å²) in [5, 5.41) is 8.40. The average molecular weight is 284 g/mol. The van der Waals surface area contributed by atoms with Gasteiger partial charge in [0.05, 0.1) is 28.4 Å². The highest BCUT2D eigenvalue weighted by Crippen LogP contribution is 2.28. The second-order valence-electron chi connectivity index (χ2n) is 5.25. The number of aryl methyl sites for hydroxylation is 2. The molecule has 1 aromatic heterocycles. The van der Waals surface area contributed by atoms with E-state index >= 15 is 0 Å². The molecule has 0 aromatic carbocycles. The number of hydrogen-bond donors (Lipinski definition) is 1. The van der Waals surface area contributed by atoms with Crippen LogP contribution in [-0.4, -0.2) is 27.6 Å². The Morgan fingerprint density at radius 1 is 1.53 bits per heavy atom. The number of nitrogens with one attached hydrogen (secondary N) is 1. The van der Waals surface area contributed by atoms with E-state index in [1.165, 1.54) is 0 Å². The minimum atomic E-state index is -0.347. The Kier molecular flexibility index (Phi) is 4.31. The van der Waals surface area contributed by atoms with Crippen LogP contribution in [0, 0.1) is 0 Å². The maximum atomic E-state index is 12.6. The molecule has 5 heteroatoms. The van der Waals surface area contributed by atoms with E-state index in [-0.39, 0.29) is 11.3 Å². The molecule has 0 bridgehead atoms.